The van der Waals surface area contributed by atoms with Gasteiger partial charge < -0.3 is 10.2 Å². The lowest BCUT2D eigenvalue weighted by Gasteiger charge is -2.32. The molecule has 0 amide bonds. The van der Waals surface area contributed by atoms with Gasteiger partial charge in [0.1, 0.15) is 5.52 Å². The van der Waals surface area contributed by atoms with Crippen LogP contribution in [0.25, 0.3) is 11.1 Å². The van der Waals surface area contributed by atoms with Crippen LogP contribution < -0.4 is 5.73 Å². The fourth-order valence-electron chi connectivity index (χ4n) is 3.23. The molecule has 0 spiro atoms. The number of oxazole rings is 1. The van der Waals surface area contributed by atoms with E-state index in [0.717, 1.165) is 41.8 Å². The highest BCUT2D eigenvalue weighted by molar-refractivity contribution is 5.77. The Morgan fingerprint density at radius 2 is 1.95 bits per heavy atom. The maximum atomic E-state index is 6.48. The second-order valence-corrected chi connectivity index (χ2v) is 6.14. The summed E-state index contributed by atoms with van der Waals surface area (Å²) in [5.41, 5.74) is 10.6. The monoisotopic (exact) mass is 258 g/mol. The molecule has 0 saturated heterocycles. The molecule has 102 valence electrons. The molecule has 3 heteroatoms. The second kappa shape index (κ2) is 4.64. The molecule has 2 aromatic rings. The number of rotatable bonds is 2. The first-order chi connectivity index (χ1) is 9.06. The van der Waals surface area contributed by atoms with Gasteiger partial charge in [-0.25, -0.2) is 4.98 Å². The number of hydrogen-bond donors (Lipinski definition) is 1. The third-order valence-corrected chi connectivity index (χ3v) is 4.22. The Hall–Kier alpha value is -1.35. The highest BCUT2D eigenvalue weighted by Crippen LogP contribution is 2.30. The van der Waals surface area contributed by atoms with Crippen molar-refractivity contribution in [3.05, 3.63) is 29.2 Å². The Bertz CT molecular complexity index is 594. The molecule has 0 radical (unpaired) electrons. The molecular formula is C16H22N2O. The molecule has 0 unspecified atom stereocenters. The van der Waals surface area contributed by atoms with Crippen molar-refractivity contribution >= 4 is 11.1 Å². The van der Waals surface area contributed by atoms with Crippen LogP contribution in [0.15, 0.2) is 16.5 Å². The molecule has 3 rings (SSSR count). The highest BCUT2D eigenvalue weighted by Gasteiger charge is 2.29. The van der Waals surface area contributed by atoms with Crippen LogP contribution in [-0.2, 0) is 6.42 Å². The van der Waals surface area contributed by atoms with Crippen molar-refractivity contribution in [1.29, 1.82) is 0 Å². The van der Waals surface area contributed by atoms with E-state index in [9.17, 15) is 0 Å². The topological polar surface area (TPSA) is 52.0 Å². The highest BCUT2D eigenvalue weighted by atomic mass is 16.3. The average molecular weight is 258 g/mol. The van der Waals surface area contributed by atoms with Crippen LogP contribution in [0.3, 0.4) is 0 Å². The fraction of sp³-hybridized carbons (Fsp3) is 0.562. The molecule has 1 aliphatic carbocycles. The Morgan fingerprint density at radius 1 is 1.21 bits per heavy atom. The summed E-state index contributed by atoms with van der Waals surface area (Å²) in [6.07, 6.45) is 6.71. The molecule has 0 atom stereocenters. The molecule has 1 aliphatic rings. The van der Waals surface area contributed by atoms with Crippen LogP contribution >= 0.6 is 0 Å². The van der Waals surface area contributed by atoms with Crippen LogP contribution in [0.1, 0.15) is 49.1 Å². The average Bonchev–Trinajstić information content (AvgIpc) is 2.71. The summed E-state index contributed by atoms with van der Waals surface area (Å²) in [6.45, 7) is 4.16. The van der Waals surface area contributed by atoms with Crippen LogP contribution in [0.2, 0.25) is 0 Å². The lowest BCUT2D eigenvalue weighted by Crippen LogP contribution is -2.43. The Morgan fingerprint density at radius 3 is 2.68 bits per heavy atom. The predicted molar refractivity (Wildman–Crippen MR) is 77.2 cm³/mol. The van der Waals surface area contributed by atoms with Crippen molar-refractivity contribution in [1.82, 2.24) is 4.98 Å². The summed E-state index contributed by atoms with van der Waals surface area (Å²) in [5.74, 6) is 0.799. The van der Waals surface area contributed by atoms with E-state index in [0.29, 0.717) is 0 Å². The summed E-state index contributed by atoms with van der Waals surface area (Å²) < 4.78 is 5.93. The van der Waals surface area contributed by atoms with Crippen molar-refractivity contribution in [2.45, 2.75) is 57.9 Å². The molecule has 0 bridgehead atoms. The zero-order chi connectivity index (χ0) is 13.5. The van der Waals surface area contributed by atoms with Gasteiger partial charge in [0.25, 0.3) is 0 Å². The molecule has 1 fully saturated rings. The van der Waals surface area contributed by atoms with Gasteiger partial charge in [-0.1, -0.05) is 25.3 Å². The number of nitrogens with zero attached hydrogens (tertiary/aromatic N) is 1. The van der Waals surface area contributed by atoms with Crippen LogP contribution in [0.4, 0.5) is 0 Å². The van der Waals surface area contributed by atoms with E-state index < -0.39 is 0 Å². The van der Waals surface area contributed by atoms with Gasteiger partial charge in [-0.15, -0.1) is 0 Å². The molecule has 1 saturated carbocycles. The largest absolute Gasteiger partial charge is 0.440 e. The lowest BCUT2D eigenvalue weighted by atomic mass is 9.80. The summed E-state index contributed by atoms with van der Waals surface area (Å²) >= 11 is 0. The lowest BCUT2D eigenvalue weighted by molar-refractivity contribution is 0.276. The molecule has 1 aromatic carbocycles. The van der Waals surface area contributed by atoms with E-state index in [2.05, 4.69) is 31.0 Å². The van der Waals surface area contributed by atoms with Gasteiger partial charge in [-0.3, -0.25) is 0 Å². The van der Waals surface area contributed by atoms with E-state index in [1.165, 1.54) is 24.8 Å². The minimum Gasteiger partial charge on any atom is -0.440 e. The SMILES string of the molecule is Cc1cc(C)c2oc(CC3(N)CCCCC3)nc2c1. The summed E-state index contributed by atoms with van der Waals surface area (Å²) in [6, 6.07) is 4.22. The summed E-state index contributed by atoms with van der Waals surface area (Å²) in [5, 5.41) is 0. The number of aryl methyl sites for hydroxylation is 2. The van der Waals surface area contributed by atoms with Crippen LogP contribution in [-0.4, -0.2) is 10.5 Å². The molecule has 3 nitrogen and oxygen atoms in total. The molecule has 0 aliphatic heterocycles. The number of fused-ring (bicyclic) bond motifs is 1. The van der Waals surface area contributed by atoms with Crippen LogP contribution in [0.5, 0.6) is 0 Å². The smallest absolute Gasteiger partial charge is 0.197 e. The number of aromatic nitrogens is 1. The molecule has 2 N–H and O–H groups in total. The normalized spacial score (nSPS) is 18.9. The Kier molecular flexibility index (Phi) is 3.09. The van der Waals surface area contributed by atoms with E-state index in [-0.39, 0.29) is 5.54 Å². The van der Waals surface area contributed by atoms with Crippen molar-refractivity contribution in [3.63, 3.8) is 0 Å². The molecular weight excluding hydrogens is 236 g/mol. The Balaban J connectivity index is 1.91. The van der Waals surface area contributed by atoms with Crippen molar-refractivity contribution in [3.8, 4) is 0 Å². The van der Waals surface area contributed by atoms with Gasteiger partial charge in [0.15, 0.2) is 11.5 Å². The van der Waals surface area contributed by atoms with Gasteiger partial charge >= 0.3 is 0 Å². The zero-order valence-electron chi connectivity index (χ0n) is 11.8. The third-order valence-electron chi connectivity index (χ3n) is 4.22. The van der Waals surface area contributed by atoms with E-state index in [4.69, 9.17) is 10.2 Å². The minimum atomic E-state index is -0.109. The summed E-state index contributed by atoms with van der Waals surface area (Å²) in [7, 11) is 0. The first-order valence-electron chi connectivity index (χ1n) is 7.21. The third kappa shape index (κ3) is 2.52. The van der Waals surface area contributed by atoms with E-state index >= 15 is 0 Å². The van der Waals surface area contributed by atoms with Crippen molar-refractivity contribution in [2.75, 3.05) is 0 Å². The number of hydrogen-bond acceptors (Lipinski definition) is 3. The fourth-order valence-corrected chi connectivity index (χ4v) is 3.23. The maximum absolute atomic E-state index is 6.48. The van der Waals surface area contributed by atoms with Gasteiger partial charge in [-0.05, 0) is 43.9 Å². The summed E-state index contributed by atoms with van der Waals surface area (Å²) in [4.78, 5) is 4.63. The first kappa shape index (κ1) is 12.7. The maximum Gasteiger partial charge on any atom is 0.197 e. The van der Waals surface area contributed by atoms with E-state index in [1.807, 2.05) is 0 Å². The minimum absolute atomic E-state index is 0.109. The van der Waals surface area contributed by atoms with Gasteiger partial charge in [0, 0.05) is 12.0 Å². The number of benzene rings is 1. The molecule has 19 heavy (non-hydrogen) atoms. The van der Waals surface area contributed by atoms with Gasteiger partial charge in [0.2, 0.25) is 0 Å². The first-order valence-corrected chi connectivity index (χ1v) is 7.21. The molecule has 1 heterocycles. The van der Waals surface area contributed by atoms with Crippen molar-refractivity contribution < 1.29 is 4.42 Å². The van der Waals surface area contributed by atoms with E-state index in [1.54, 1.807) is 0 Å². The van der Waals surface area contributed by atoms with Gasteiger partial charge in [-0.2, -0.15) is 0 Å². The molecule has 1 aromatic heterocycles. The standard InChI is InChI=1S/C16H22N2O/c1-11-8-12(2)15-13(9-11)18-14(19-15)10-16(17)6-4-3-5-7-16/h8-9H,3-7,10,17H2,1-2H3. The number of nitrogens with two attached hydrogens (primary N) is 1. The van der Waals surface area contributed by atoms with Crippen LogP contribution in [0, 0.1) is 13.8 Å². The van der Waals surface area contributed by atoms with Crippen molar-refractivity contribution in [2.24, 2.45) is 5.73 Å². The second-order valence-electron chi connectivity index (χ2n) is 6.14. The predicted octanol–water partition coefficient (Wildman–Crippen LogP) is 3.65. The zero-order valence-corrected chi connectivity index (χ0v) is 11.8. The van der Waals surface area contributed by atoms with Gasteiger partial charge in [0.05, 0.1) is 0 Å². The Labute approximate surface area is 114 Å². The quantitative estimate of drug-likeness (QED) is 0.894.